The molecule has 0 atom stereocenters. The van der Waals surface area contributed by atoms with Crippen molar-refractivity contribution < 1.29 is 22.8 Å². The Morgan fingerprint density at radius 1 is 1.06 bits per heavy atom. The van der Waals surface area contributed by atoms with Crippen molar-refractivity contribution in [3.8, 4) is 5.75 Å². The number of ether oxygens (including phenoxy) is 1. The number of rotatable bonds is 8. The molecule has 196 valence electrons. The molecule has 2 N–H and O–H groups in total. The molecule has 0 spiro atoms. The molecule has 2 fully saturated rings. The highest BCUT2D eigenvalue weighted by Crippen LogP contribution is 2.31. The van der Waals surface area contributed by atoms with Gasteiger partial charge in [0.25, 0.3) is 5.91 Å². The molecule has 4 rings (SSSR count). The zero-order valence-corrected chi connectivity index (χ0v) is 22.6. The number of aryl methyl sites for hydroxylation is 1. The van der Waals surface area contributed by atoms with Gasteiger partial charge in [-0.15, -0.1) is 0 Å². The molecular formula is C26H36ClN4O4S+. The second-order valence-corrected chi connectivity index (χ2v) is 11.9. The maximum atomic E-state index is 13.3. The molecular weight excluding hydrogens is 500 g/mol. The lowest BCUT2D eigenvalue weighted by atomic mass is 10.2. The number of carbonyl (C=O) groups is 1. The fourth-order valence-electron chi connectivity index (χ4n) is 4.77. The Balaban J connectivity index is 1.56. The highest BCUT2D eigenvalue weighted by Gasteiger charge is 2.28. The number of nitrogens with one attached hydrogen (secondary N) is 2. The number of amides is 1. The summed E-state index contributed by atoms with van der Waals surface area (Å²) >= 11 is 6.20. The molecule has 8 nitrogen and oxygen atoms in total. The van der Waals surface area contributed by atoms with Crippen LogP contribution < -0.4 is 19.9 Å². The number of piperazine rings is 1. The number of sulfonamides is 1. The zero-order valence-electron chi connectivity index (χ0n) is 21.1. The van der Waals surface area contributed by atoms with Crippen molar-refractivity contribution in [2.24, 2.45) is 0 Å². The van der Waals surface area contributed by atoms with E-state index in [4.69, 9.17) is 16.3 Å². The monoisotopic (exact) mass is 535 g/mol. The zero-order chi connectivity index (χ0) is 25.7. The van der Waals surface area contributed by atoms with E-state index in [0.29, 0.717) is 29.5 Å². The van der Waals surface area contributed by atoms with E-state index in [9.17, 15) is 13.2 Å². The van der Waals surface area contributed by atoms with Crippen LogP contribution in [0.1, 0.15) is 31.7 Å². The molecule has 2 saturated heterocycles. The number of halogens is 1. The molecule has 0 saturated carbocycles. The SMILES string of the molecule is CC[NH+]1CCN(c2ccc(S(=O)(=O)N3CCCCC3)cc2NC(=O)COc2cc(C)ccc2Cl)CC1. The quantitative estimate of drug-likeness (QED) is 0.543. The second-order valence-electron chi connectivity index (χ2n) is 9.51. The predicted molar refractivity (Wildman–Crippen MR) is 143 cm³/mol. The van der Waals surface area contributed by atoms with Crippen molar-refractivity contribution in [3.63, 3.8) is 0 Å². The maximum absolute atomic E-state index is 13.3. The first-order chi connectivity index (χ1) is 17.3. The van der Waals surface area contributed by atoms with Crippen LogP contribution in [-0.2, 0) is 14.8 Å². The van der Waals surface area contributed by atoms with E-state index in [-0.39, 0.29) is 17.4 Å². The Hall–Kier alpha value is -2.33. The van der Waals surface area contributed by atoms with E-state index in [1.54, 1.807) is 28.6 Å². The molecule has 36 heavy (non-hydrogen) atoms. The number of benzene rings is 2. The first kappa shape index (κ1) is 26.7. The van der Waals surface area contributed by atoms with E-state index < -0.39 is 10.0 Å². The predicted octanol–water partition coefficient (Wildman–Crippen LogP) is 2.57. The highest BCUT2D eigenvalue weighted by atomic mass is 35.5. The van der Waals surface area contributed by atoms with Crippen molar-refractivity contribution in [3.05, 3.63) is 47.0 Å². The van der Waals surface area contributed by atoms with Gasteiger partial charge >= 0.3 is 0 Å². The normalized spacial score (nSPS) is 17.7. The minimum atomic E-state index is -3.64. The van der Waals surface area contributed by atoms with Crippen LogP contribution in [0.3, 0.4) is 0 Å². The van der Waals surface area contributed by atoms with Gasteiger partial charge in [-0.05, 0) is 62.6 Å². The third kappa shape index (κ3) is 6.32. The van der Waals surface area contributed by atoms with Gasteiger partial charge in [-0.3, -0.25) is 4.79 Å². The fraction of sp³-hybridized carbons (Fsp3) is 0.500. The summed E-state index contributed by atoms with van der Waals surface area (Å²) in [6.07, 6.45) is 2.77. The van der Waals surface area contributed by atoms with Crippen LogP contribution in [0.15, 0.2) is 41.3 Å². The Labute approximate surface area is 219 Å². The fourth-order valence-corrected chi connectivity index (χ4v) is 6.49. The van der Waals surface area contributed by atoms with E-state index >= 15 is 0 Å². The number of likely N-dealkylation sites (N-methyl/N-ethyl adjacent to an activating group) is 1. The third-order valence-electron chi connectivity index (χ3n) is 6.95. The van der Waals surface area contributed by atoms with Crippen molar-refractivity contribution in [1.29, 1.82) is 0 Å². The standard InChI is InChI=1S/C26H35ClN4O4S/c1-3-29-13-15-30(16-14-29)24-10-8-21(36(33,34)31-11-5-4-6-12-31)18-23(24)28-26(32)19-35-25-17-20(2)7-9-22(25)27/h7-10,17-18H,3-6,11-16,19H2,1-2H3,(H,28,32)/p+1. The average molecular weight is 536 g/mol. The van der Waals surface area contributed by atoms with Gasteiger partial charge in [-0.1, -0.05) is 24.1 Å². The summed E-state index contributed by atoms with van der Waals surface area (Å²) < 4.78 is 33.9. The molecule has 0 unspecified atom stereocenters. The summed E-state index contributed by atoms with van der Waals surface area (Å²) in [5.74, 6) is 0.0614. The minimum absolute atomic E-state index is 0.198. The van der Waals surface area contributed by atoms with Crippen molar-refractivity contribution in [2.45, 2.75) is 38.0 Å². The van der Waals surface area contributed by atoms with Crippen LogP contribution in [0.2, 0.25) is 5.02 Å². The van der Waals surface area contributed by atoms with Crippen molar-refractivity contribution in [2.75, 3.05) is 62.6 Å². The largest absolute Gasteiger partial charge is 0.482 e. The van der Waals surface area contributed by atoms with Gasteiger partial charge in [0.2, 0.25) is 10.0 Å². The Morgan fingerprint density at radius 2 is 1.78 bits per heavy atom. The number of quaternary nitrogens is 1. The van der Waals surface area contributed by atoms with E-state index in [1.807, 2.05) is 19.1 Å². The summed E-state index contributed by atoms with van der Waals surface area (Å²) in [6.45, 7) is 9.64. The molecule has 0 radical (unpaired) electrons. The van der Waals surface area contributed by atoms with Crippen LogP contribution in [-0.4, -0.2) is 71.1 Å². The lowest BCUT2D eigenvalue weighted by molar-refractivity contribution is -0.898. The lowest BCUT2D eigenvalue weighted by Crippen LogP contribution is -3.14. The van der Waals surface area contributed by atoms with Crippen LogP contribution in [0.25, 0.3) is 0 Å². The number of anilines is 2. The van der Waals surface area contributed by atoms with Gasteiger partial charge in [0.1, 0.15) is 5.75 Å². The van der Waals surface area contributed by atoms with Gasteiger partial charge in [0, 0.05) is 13.1 Å². The second kappa shape index (κ2) is 11.8. The number of carbonyl (C=O) groups excluding carboxylic acids is 1. The van der Waals surface area contributed by atoms with Gasteiger partial charge in [0.05, 0.1) is 54.0 Å². The lowest BCUT2D eigenvalue weighted by Gasteiger charge is -2.34. The first-order valence-electron chi connectivity index (χ1n) is 12.7. The van der Waals surface area contributed by atoms with Gasteiger partial charge in [-0.2, -0.15) is 4.31 Å². The number of hydrogen-bond donors (Lipinski definition) is 2. The van der Waals surface area contributed by atoms with Gasteiger partial charge in [-0.25, -0.2) is 8.42 Å². The summed E-state index contributed by atoms with van der Waals surface area (Å²) in [6, 6.07) is 10.5. The van der Waals surface area contributed by atoms with Crippen LogP contribution in [0, 0.1) is 6.92 Å². The van der Waals surface area contributed by atoms with Gasteiger partial charge < -0.3 is 19.9 Å². The summed E-state index contributed by atoms with van der Waals surface area (Å²) in [5, 5.41) is 3.34. The molecule has 0 aromatic heterocycles. The minimum Gasteiger partial charge on any atom is -0.482 e. The Morgan fingerprint density at radius 3 is 2.47 bits per heavy atom. The number of nitrogens with zero attached hydrogens (tertiary/aromatic N) is 2. The number of hydrogen-bond acceptors (Lipinski definition) is 5. The molecule has 2 aromatic carbocycles. The highest BCUT2D eigenvalue weighted by molar-refractivity contribution is 7.89. The first-order valence-corrected chi connectivity index (χ1v) is 14.5. The van der Waals surface area contributed by atoms with E-state index in [1.165, 1.54) is 4.90 Å². The van der Waals surface area contributed by atoms with Crippen molar-refractivity contribution >= 4 is 38.9 Å². The Bertz CT molecular complexity index is 1180. The van der Waals surface area contributed by atoms with Crippen LogP contribution >= 0.6 is 11.6 Å². The molecule has 0 bridgehead atoms. The summed E-state index contributed by atoms with van der Waals surface area (Å²) in [7, 11) is -3.64. The molecule has 2 aliphatic heterocycles. The summed E-state index contributed by atoms with van der Waals surface area (Å²) in [4.78, 5) is 16.9. The average Bonchev–Trinajstić information content (AvgIpc) is 2.89. The molecule has 0 aliphatic carbocycles. The summed E-state index contributed by atoms with van der Waals surface area (Å²) in [5.41, 5.74) is 2.28. The smallest absolute Gasteiger partial charge is 0.262 e. The van der Waals surface area contributed by atoms with Crippen molar-refractivity contribution in [1.82, 2.24) is 4.31 Å². The molecule has 2 heterocycles. The van der Waals surface area contributed by atoms with Gasteiger partial charge in [0.15, 0.2) is 6.61 Å². The van der Waals surface area contributed by atoms with E-state index in [0.717, 1.165) is 63.2 Å². The third-order valence-corrected chi connectivity index (χ3v) is 9.16. The molecule has 10 heteroatoms. The van der Waals surface area contributed by atoms with E-state index in [2.05, 4.69) is 17.1 Å². The van der Waals surface area contributed by atoms with Crippen LogP contribution in [0.4, 0.5) is 11.4 Å². The maximum Gasteiger partial charge on any atom is 0.262 e. The number of piperidine rings is 1. The van der Waals surface area contributed by atoms with Crippen LogP contribution in [0.5, 0.6) is 5.75 Å². The topological polar surface area (TPSA) is 83.4 Å². The molecule has 1 amide bonds. The Kier molecular flexibility index (Phi) is 8.77. The molecule has 2 aliphatic rings. The molecule has 2 aromatic rings.